The number of hydrogen-bond acceptors (Lipinski definition) is 3. The molecule has 3 rings (SSSR count). The molecule has 0 bridgehead atoms. The molecule has 0 aromatic heterocycles. The molecule has 2 amide bonds. The van der Waals surface area contributed by atoms with E-state index in [1.54, 1.807) is 0 Å². The number of hydrogen-bond donors (Lipinski definition) is 2. The Labute approximate surface area is 172 Å². The number of amides is 2. The first kappa shape index (κ1) is 21.8. The van der Waals surface area contributed by atoms with E-state index >= 15 is 0 Å². The first-order valence-corrected chi connectivity index (χ1v) is 8.60. The highest BCUT2D eigenvalue weighted by molar-refractivity contribution is 6.07. The molecular formula is C21H13F5N2O3. The van der Waals surface area contributed by atoms with Crippen molar-refractivity contribution in [3.8, 4) is 11.5 Å². The van der Waals surface area contributed by atoms with Crippen LogP contribution in [-0.4, -0.2) is 11.8 Å². The maximum absolute atomic E-state index is 14.8. The number of primary amides is 1. The number of halogens is 5. The van der Waals surface area contributed by atoms with E-state index in [0.29, 0.717) is 6.07 Å². The maximum Gasteiger partial charge on any atom is 0.419 e. The Morgan fingerprint density at radius 2 is 1.61 bits per heavy atom. The van der Waals surface area contributed by atoms with Crippen LogP contribution in [0, 0.1) is 11.6 Å². The van der Waals surface area contributed by atoms with Crippen molar-refractivity contribution in [3.63, 3.8) is 0 Å². The van der Waals surface area contributed by atoms with E-state index in [4.69, 9.17) is 10.5 Å². The molecule has 0 atom stereocenters. The smallest absolute Gasteiger partial charge is 0.419 e. The molecule has 10 heteroatoms. The normalized spacial score (nSPS) is 11.1. The van der Waals surface area contributed by atoms with Gasteiger partial charge in [0.2, 0.25) is 5.91 Å². The van der Waals surface area contributed by atoms with Crippen molar-refractivity contribution in [2.75, 3.05) is 5.32 Å². The van der Waals surface area contributed by atoms with Gasteiger partial charge < -0.3 is 15.8 Å². The third kappa shape index (κ3) is 4.97. The average Bonchev–Trinajstić information content (AvgIpc) is 2.69. The Morgan fingerprint density at radius 3 is 2.23 bits per heavy atom. The van der Waals surface area contributed by atoms with Crippen molar-refractivity contribution in [1.29, 1.82) is 0 Å². The Kier molecular flexibility index (Phi) is 5.91. The van der Waals surface area contributed by atoms with Crippen LogP contribution in [0.1, 0.15) is 26.3 Å². The van der Waals surface area contributed by atoms with E-state index in [1.807, 2.05) is 0 Å². The monoisotopic (exact) mass is 436 g/mol. The SMILES string of the molecule is NC(=O)c1cccc(NC(=O)c2c(Oc3ccc(F)cc3)ccc(C(F)(F)F)c2F)c1. The summed E-state index contributed by atoms with van der Waals surface area (Å²) in [6, 6.07) is 10.8. The Morgan fingerprint density at radius 1 is 0.935 bits per heavy atom. The summed E-state index contributed by atoms with van der Waals surface area (Å²) in [6.07, 6.45) is -5.07. The maximum atomic E-state index is 14.8. The van der Waals surface area contributed by atoms with E-state index < -0.39 is 46.5 Å². The third-order valence-electron chi connectivity index (χ3n) is 4.08. The average molecular weight is 436 g/mol. The molecule has 0 saturated heterocycles. The zero-order valence-electron chi connectivity index (χ0n) is 15.5. The lowest BCUT2D eigenvalue weighted by Crippen LogP contribution is -2.19. The van der Waals surface area contributed by atoms with Crippen molar-refractivity contribution >= 4 is 17.5 Å². The van der Waals surface area contributed by atoms with Crippen LogP contribution in [-0.2, 0) is 6.18 Å². The fraction of sp³-hybridized carbons (Fsp3) is 0.0476. The molecule has 3 N–H and O–H groups in total. The van der Waals surface area contributed by atoms with Crippen molar-refractivity contribution in [2.45, 2.75) is 6.18 Å². The van der Waals surface area contributed by atoms with Gasteiger partial charge in [-0.05, 0) is 54.6 Å². The second kappa shape index (κ2) is 8.42. The van der Waals surface area contributed by atoms with Crippen LogP contribution in [0.15, 0.2) is 60.7 Å². The minimum absolute atomic E-state index is 0.00848. The van der Waals surface area contributed by atoms with Crippen LogP contribution in [0.5, 0.6) is 11.5 Å². The number of anilines is 1. The molecule has 31 heavy (non-hydrogen) atoms. The molecule has 0 spiro atoms. The van der Waals surface area contributed by atoms with E-state index in [9.17, 15) is 31.5 Å². The first-order valence-electron chi connectivity index (χ1n) is 8.60. The Hall–Kier alpha value is -3.95. The lowest BCUT2D eigenvalue weighted by Gasteiger charge is -2.16. The molecule has 0 fully saturated rings. The molecule has 3 aromatic rings. The number of rotatable bonds is 5. The third-order valence-corrected chi connectivity index (χ3v) is 4.08. The lowest BCUT2D eigenvalue weighted by atomic mass is 10.1. The predicted octanol–water partition coefficient (Wildman–Crippen LogP) is 5.13. The highest BCUT2D eigenvalue weighted by Crippen LogP contribution is 2.37. The van der Waals surface area contributed by atoms with Crippen molar-refractivity contribution in [2.24, 2.45) is 5.73 Å². The van der Waals surface area contributed by atoms with Crippen LogP contribution in [0.25, 0.3) is 0 Å². The minimum atomic E-state index is -5.07. The molecule has 0 aliphatic heterocycles. The number of nitrogens with two attached hydrogens (primary N) is 1. The van der Waals surface area contributed by atoms with Crippen LogP contribution in [0.4, 0.5) is 27.6 Å². The largest absolute Gasteiger partial charge is 0.456 e. The van der Waals surface area contributed by atoms with Crippen molar-refractivity contribution in [3.05, 3.63) is 89.0 Å². The van der Waals surface area contributed by atoms with E-state index in [2.05, 4.69) is 5.32 Å². The van der Waals surface area contributed by atoms with Gasteiger partial charge in [-0.3, -0.25) is 9.59 Å². The summed E-state index contributed by atoms with van der Waals surface area (Å²) in [7, 11) is 0. The van der Waals surface area contributed by atoms with Crippen LogP contribution in [0.2, 0.25) is 0 Å². The van der Waals surface area contributed by atoms with Gasteiger partial charge in [-0.15, -0.1) is 0 Å². The fourth-order valence-corrected chi connectivity index (χ4v) is 2.65. The van der Waals surface area contributed by atoms with Gasteiger partial charge in [0.1, 0.15) is 22.9 Å². The van der Waals surface area contributed by atoms with E-state index in [-0.39, 0.29) is 17.0 Å². The van der Waals surface area contributed by atoms with Gasteiger partial charge >= 0.3 is 6.18 Å². The van der Waals surface area contributed by atoms with Gasteiger partial charge in [0, 0.05) is 11.3 Å². The quantitative estimate of drug-likeness (QED) is 0.545. The van der Waals surface area contributed by atoms with Crippen LogP contribution >= 0.6 is 0 Å². The Balaban J connectivity index is 2.04. The molecule has 0 aliphatic rings. The second-order valence-electron chi connectivity index (χ2n) is 6.25. The minimum Gasteiger partial charge on any atom is -0.456 e. The molecule has 0 heterocycles. The highest BCUT2D eigenvalue weighted by atomic mass is 19.4. The summed E-state index contributed by atoms with van der Waals surface area (Å²) in [5.41, 5.74) is 2.47. The van der Waals surface area contributed by atoms with Gasteiger partial charge in [-0.2, -0.15) is 13.2 Å². The molecular weight excluding hydrogens is 423 g/mol. The summed E-state index contributed by atoms with van der Waals surface area (Å²) >= 11 is 0. The molecule has 0 saturated carbocycles. The number of alkyl halides is 3. The summed E-state index contributed by atoms with van der Waals surface area (Å²) < 4.78 is 72.6. The zero-order chi connectivity index (χ0) is 22.8. The molecule has 5 nitrogen and oxygen atoms in total. The fourth-order valence-electron chi connectivity index (χ4n) is 2.65. The van der Waals surface area contributed by atoms with Gasteiger partial charge in [0.15, 0.2) is 5.82 Å². The van der Waals surface area contributed by atoms with Gasteiger partial charge in [0.25, 0.3) is 5.91 Å². The summed E-state index contributed by atoms with van der Waals surface area (Å²) in [4.78, 5) is 24.0. The number of carbonyl (C=O) groups is 2. The topological polar surface area (TPSA) is 81.4 Å². The van der Waals surface area contributed by atoms with Crippen LogP contribution in [0.3, 0.4) is 0 Å². The number of benzene rings is 3. The number of carbonyl (C=O) groups excluding carboxylic acids is 2. The first-order chi connectivity index (χ1) is 14.6. The van der Waals surface area contributed by atoms with E-state index in [1.165, 1.54) is 24.3 Å². The van der Waals surface area contributed by atoms with E-state index in [0.717, 1.165) is 30.3 Å². The molecule has 0 aliphatic carbocycles. The van der Waals surface area contributed by atoms with Crippen LogP contribution < -0.4 is 15.8 Å². The molecule has 0 unspecified atom stereocenters. The van der Waals surface area contributed by atoms with Gasteiger partial charge in [0.05, 0.1) is 5.56 Å². The standard InChI is InChI=1S/C21H13F5N2O3/c22-12-4-6-14(7-5-12)31-16-9-8-15(21(24,25)26)18(23)17(16)20(30)28-13-3-1-2-11(10-13)19(27)29/h1-10H,(H2,27,29)(H,28,30). The molecule has 3 aromatic carbocycles. The molecule has 160 valence electrons. The number of nitrogens with one attached hydrogen (secondary N) is 1. The summed E-state index contributed by atoms with van der Waals surface area (Å²) in [5, 5.41) is 2.21. The predicted molar refractivity (Wildman–Crippen MR) is 101 cm³/mol. The Bertz CT molecular complexity index is 1140. The summed E-state index contributed by atoms with van der Waals surface area (Å²) in [6.45, 7) is 0. The van der Waals surface area contributed by atoms with Crippen molar-refractivity contribution in [1.82, 2.24) is 0 Å². The van der Waals surface area contributed by atoms with Gasteiger partial charge in [-0.25, -0.2) is 8.78 Å². The molecule has 0 radical (unpaired) electrons. The lowest BCUT2D eigenvalue weighted by molar-refractivity contribution is -0.140. The highest BCUT2D eigenvalue weighted by Gasteiger charge is 2.37. The zero-order valence-corrected chi connectivity index (χ0v) is 15.5. The van der Waals surface area contributed by atoms with Gasteiger partial charge in [-0.1, -0.05) is 6.07 Å². The van der Waals surface area contributed by atoms with Crippen molar-refractivity contribution < 1.29 is 36.3 Å². The second-order valence-corrected chi connectivity index (χ2v) is 6.25. The summed E-state index contributed by atoms with van der Waals surface area (Å²) in [5.74, 6) is -5.08. The number of ether oxygens (including phenoxy) is 1.